The van der Waals surface area contributed by atoms with Crippen molar-refractivity contribution in [1.82, 2.24) is 15.1 Å². The minimum atomic E-state index is 0.211. The molecule has 26 heavy (non-hydrogen) atoms. The Hall–Kier alpha value is -1.12. The minimum Gasteiger partial charge on any atom is -0.357 e. The zero-order valence-corrected chi connectivity index (χ0v) is 17.2. The van der Waals surface area contributed by atoms with Gasteiger partial charge in [-0.3, -0.25) is 4.79 Å². The Labute approximate surface area is 166 Å². The van der Waals surface area contributed by atoms with Gasteiger partial charge in [0.25, 0.3) is 0 Å². The van der Waals surface area contributed by atoms with E-state index in [2.05, 4.69) is 33.0 Å². The van der Waals surface area contributed by atoms with Gasteiger partial charge in [-0.15, -0.1) is 21.5 Å². The molecular weight excluding hydrogens is 384 g/mol. The van der Waals surface area contributed by atoms with Gasteiger partial charge < -0.3 is 10.2 Å². The number of rotatable bonds is 6. The van der Waals surface area contributed by atoms with Crippen molar-refractivity contribution in [2.75, 3.05) is 17.6 Å². The van der Waals surface area contributed by atoms with Crippen molar-refractivity contribution in [1.29, 1.82) is 0 Å². The van der Waals surface area contributed by atoms with Crippen LogP contribution < -0.4 is 5.32 Å². The standard InChI is InChI=1S/C18H24N4OS3/c23-16(22-10-4-8-14(22)15-9-5-11-24-15)12-25-18-21-20-17(26-18)19-13-6-2-1-3-7-13/h5,9,11,13-14H,1-4,6-8,10,12H2,(H,19,20). The fraction of sp³-hybridized carbons (Fsp3) is 0.611. The van der Waals surface area contributed by atoms with E-state index in [0.29, 0.717) is 11.8 Å². The number of hydrogen-bond donors (Lipinski definition) is 1. The number of aromatic nitrogens is 2. The summed E-state index contributed by atoms with van der Waals surface area (Å²) in [5.74, 6) is 0.655. The Morgan fingerprint density at radius 1 is 1.23 bits per heavy atom. The molecule has 1 N–H and O–H groups in total. The van der Waals surface area contributed by atoms with E-state index in [1.165, 1.54) is 48.7 Å². The SMILES string of the molecule is O=C(CSc1nnc(NC2CCCCC2)s1)N1CCCC1c1cccs1. The highest BCUT2D eigenvalue weighted by Gasteiger charge is 2.30. The van der Waals surface area contributed by atoms with Gasteiger partial charge in [0.1, 0.15) is 0 Å². The van der Waals surface area contributed by atoms with Crippen LogP contribution in [-0.4, -0.2) is 39.3 Å². The fourth-order valence-electron chi connectivity index (χ4n) is 3.80. The van der Waals surface area contributed by atoms with Crippen molar-refractivity contribution in [3.63, 3.8) is 0 Å². The van der Waals surface area contributed by atoms with Gasteiger partial charge in [0, 0.05) is 17.5 Å². The van der Waals surface area contributed by atoms with Gasteiger partial charge >= 0.3 is 0 Å². The molecule has 1 amide bonds. The summed E-state index contributed by atoms with van der Waals surface area (Å²) in [5.41, 5.74) is 0. The molecule has 1 unspecified atom stereocenters. The first-order valence-corrected chi connectivity index (χ1v) is 12.0. The fourth-order valence-corrected chi connectivity index (χ4v) is 6.38. The number of hydrogen-bond acceptors (Lipinski definition) is 7. The zero-order valence-electron chi connectivity index (χ0n) is 14.7. The highest BCUT2D eigenvalue weighted by atomic mass is 32.2. The Balaban J connectivity index is 1.29. The molecule has 0 bridgehead atoms. The quantitative estimate of drug-likeness (QED) is 0.696. The molecule has 0 radical (unpaired) electrons. The molecule has 0 spiro atoms. The Bertz CT molecular complexity index is 712. The molecule has 1 aliphatic carbocycles. The van der Waals surface area contributed by atoms with E-state index < -0.39 is 0 Å². The van der Waals surface area contributed by atoms with Crippen molar-refractivity contribution < 1.29 is 4.79 Å². The lowest BCUT2D eigenvalue weighted by atomic mass is 9.96. The minimum absolute atomic E-state index is 0.211. The lowest BCUT2D eigenvalue weighted by Crippen LogP contribution is -2.31. The second-order valence-electron chi connectivity index (χ2n) is 6.90. The molecule has 0 aromatic carbocycles. The molecular formula is C18H24N4OS3. The molecule has 2 aromatic heterocycles. The number of thioether (sulfide) groups is 1. The predicted molar refractivity (Wildman–Crippen MR) is 109 cm³/mol. The average molecular weight is 409 g/mol. The van der Waals surface area contributed by atoms with Gasteiger partial charge in [0.2, 0.25) is 11.0 Å². The van der Waals surface area contributed by atoms with Crippen LogP contribution in [0.2, 0.25) is 0 Å². The van der Waals surface area contributed by atoms with Gasteiger partial charge in [-0.2, -0.15) is 0 Å². The largest absolute Gasteiger partial charge is 0.357 e. The molecule has 5 nitrogen and oxygen atoms in total. The molecule has 1 saturated carbocycles. The van der Waals surface area contributed by atoms with Crippen molar-refractivity contribution >= 4 is 45.5 Å². The van der Waals surface area contributed by atoms with Crippen LogP contribution in [0.3, 0.4) is 0 Å². The van der Waals surface area contributed by atoms with E-state index in [-0.39, 0.29) is 11.9 Å². The molecule has 2 aromatic rings. The van der Waals surface area contributed by atoms with Crippen LogP contribution in [0.5, 0.6) is 0 Å². The molecule has 1 aliphatic heterocycles. The highest BCUT2D eigenvalue weighted by Crippen LogP contribution is 2.35. The predicted octanol–water partition coefficient (Wildman–Crippen LogP) is 4.80. The van der Waals surface area contributed by atoms with Gasteiger partial charge in [-0.25, -0.2) is 0 Å². The van der Waals surface area contributed by atoms with Crippen LogP contribution >= 0.6 is 34.4 Å². The van der Waals surface area contributed by atoms with E-state index in [0.717, 1.165) is 28.9 Å². The van der Waals surface area contributed by atoms with E-state index in [9.17, 15) is 4.79 Å². The summed E-state index contributed by atoms with van der Waals surface area (Å²) in [7, 11) is 0. The molecule has 3 heterocycles. The second-order valence-corrected chi connectivity index (χ2v) is 10.1. The summed E-state index contributed by atoms with van der Waals surface area (Å²) in [6, 6.07) is 5.01. The van der Waals surface area contributed by atoms with Crippen molar-refractivity contribution in [3.8, 4) is 0 Å². The molecule has 2 aliphatic rings. The number of likely N-dealkylation sites (tertiary alicyclic amines) is 1. The van der Waals surface area contributed by atoms with Crippen LogP contribution in [0.4, 0.5) is 5.13 Å². The highest BCUT2D eigenvalue weighted by molar-refractivity contribution is 8.01. The number of nitrogens with one attached hydrogen (secondary N) is 1. The molecule has 2 fully saturated rings. The summed E-state index contributed by atoms with van der Waals surface area (Å²) in [5, 5.41) is 15.0. The smallest absolute Gasteiger partial charge is 0.233 e. The monoisotopic (exact) mass is 408 g/mol. The number of thiophene rings is 1. The summed E-state index contributed by atoms with van der Waals surface area (Å²) in [6.45, 7) is 0.868. The third-order valence-corrected chi connectivity index (χ3v) is 8.05. The Morgan fingerprint density at radius 3 is 2.92 bits per heavy atom. The summed E-state index contributed by atoms with van der Waals surface area (Å²) < 4.78 is 0.878. The second kappa shape index (κ2) is 8.71. The third kappa shape index (κ3) is 4.40. The molecule has 140 valence electrons. The van der Waals surface area contributed by atoms with Crippen LogP contribution in [0, 0.1) is 0 Å². The van der Waals surface area contributed by atoms with Crippen LogP contribution in [-0.2, 0) is 4.79 Å². The normalized spacial score (nSPS) is 21.2. The van der Waals surface area contributed by atoms with Gasteiger partial charge in [-0.05, 0) is 37.1 Å². The summed E-state index contributed by atoms with van der Waals surface area (Å²) >= 11 is 4.83. The number of anilines is 1. The summed E-state index contributed by atoms with van der Waals surface area (Å²) in [6.07, 6.45) is 8.56. The summed E-state index contributed by atoms with van der Waals surface area (Å²) in [4.78, 5) is 16.0. The van der Waals surface area contributed by atoms with Crippen molar-refractivity contribution in [2.45, 2.75) is 61.4 Å². The first-order valence-electron chi connectivity index (χ1n) is 9.35. The number of nitrogens with zero attached hydrogens (tertiary/aromatic N) is 3. The lowest BCUT2D eigenvalue weighted by Gasteiger charge is -2.23. The lowest BCUT2D eigenvalue weighted by molar-refractivity contribution is -0.129. The van der Waals surface area contributed by atoms with Gasteiger partial charge in [-0.1, -0.05) is 48.4 Å². The van der Waals surface area contributed by atoms with Gasteiger partial charge in [0.15, 0.2) is 4.34 Å². The maximum atomic E-state index is 12.7. The van der Waals surface area contributed by atoms with Crippen molar-refractivity contribution in [2.24, 2.45) is 0 Å². The maximum Gasteiger partial charge on any atom is 0.233 e. The first-order chi connectivity index (χ1) is 12.8. The molecule has 1 saturated heterocycles. The number of carbonyl (C=O) groups is 1. The molecule has 1 atom stereocenters. The number of amides is 1. The van der Waals surface area contributed by atoms with E-state index in [1.54, 1.807) is 22.7 Å². The zero-order chi connectivity index (χ0) is 17.8. The first kappa shape index (κ1) is 18.3. The van der Waals surface area contributed by atoms with Crippen molar-refractivity contribution in [3.05, 3.63) is 22.4 Å². The Kier molecular flexibility index (Phi) is 6.12. The number of carbonyl (C=O) groups excluding carboxylic acids is 1. The van der Waals surface area contributed by atoms with Gasteiger partial charge in [0.05, 0.1) is 11.8 Å². The van der Waals surface area contributed by atoms with Crippen LogP contribution in [0.25, 0.3) is 0 Å². The van der Waals surface area contributed by atoms with Crippen LogP contribution in [0.15, 0.2) is 21.9 Å². The topological polar surface area (TPSA) is 58.1 Å². The van der Waals surface area contributed by atoms with E-state index >= 15 is 0 Å². The molecule has 8 heteroatoms. The van der Waals surface area contributed by atoms with E-state index in [4.69, 9.17) is 0 Å². The van der Waals surface area contributed by atoms with E-state index in [1.807, 2.05) is 4.90 Å². The Morgan fingerprint density at radius 2 is 2.12 bits per heavy atom. The van der Waals surface area contributed by atoms with Crippen LogP contribution in [0.1, 0.15) is 55.9 Å². The maximum absolute atomic E-state index is 12.7. The molecule has 4 rings (SSSR count). The average Bonchev–Trinajstić information content (AvgIpc) is 3.41. The third-order valence-electron chi connectivity index (χ3n) is 5.10.